The smallest absolute Gasteiger partial charge is 0.0640 e. The Balaban J connectivity index is 1.10. The van der Waals surface area contributed by atoms with Gasteiger partial charge in [-0.2, -0.15) is 0 Å². The predicted molar refractivity (Wildman–Crippen MR) is 258 cm³/mol. The van der Waals surface area contributed by atoms with Crippen molar-refractivity contribution < 1.29 is 0 Å². The molecule has 2 heterocycles. The van der Waals surface area contributed by atoms with Gasteiger partial charge in [-0.3, -0.25) is 0 Å². The van der Waals surface area contributed by atoms with Crippen molar-refractivity contribution in [3.8, 4) is 33.4 Å². The molecule has 0 aliphatic carbocycles. The van der Waals surface area contributed by atoms with E-state index < -0.39 is 0 Å². The molecular formula is C56H35NS2. The van der Waals surface area contributed by atoms with Gasteiger partial charge in [0.15, 0.2) is 0 Å². The van der Waals surface area contributed by atoms with Crippen LogP contribution in [-0.4, -0.2) is 0 Å². The summed E-state index contributed by atoms with van der Waals surface area (Å²) in [6.45, 7) is 0. The van der Waals surface area contributed by atoms with Gasteiger partial charge in [0, 0.05) is 36.6 Å². The van der Waals surface area contributed by atoms with Crippen molar-refractivity contribution in [2.24, 2.45) is 0 Å². The van der Waals surface area contributed by atoms with E-state index in [4.69, 9.17) is 0 Å². The maximum Gasteiger partial charge on any atom is 0.0640 e. The molecule has 0 bridgehead atoms. The van der Waals surface area contributed by atoms with Gasteiger partial charge in [0.05, 0.1) is 20.8 Å². The summed E-state index contributed by atoms with van der Waals surface area (Å²) in [5.41, 5.74) is 11.0. The zero-order chi connectivity index (χ0) is 38.9. The zero-order valence-electron chi connectivity index (χ0n) is 32.0. The van der Waals surface area contributed by atoms with Crippen molar-refractivity contribution in [2.75, 3.05) is 4.90 Å². The number of anilines is 3. The lowest BCUT2D eigenvalue weighted by Crippen LogP contribution is -2.10. The molecule has 59 heavy (non-hydrogen) atoms. The summed E-state index contributed by atoms with van der Waals surface area (Å²) in [4.78, 5) is 2.52. The van der Waals surface area contributed by atoms with E-state index in [0.717, 1.165) is 5.69 Å². The van der Waals surface area contributed by atoms with Crippen molar-refractivity contribution >= 4 is 102 Å². The molecule has 0 fully saturated rings. The summed E-state index contributed by atoms with van der Waals surface area (Å²) in [6.07, 6.45) is 0. The Labute approximate surface area is 350 Å². The van der Waals surface area contributed by atoms with E-state index in [0.29, 0.717) is 0 Å². The molecule has 0 atom stereocenters. The van der Waals surface area contributed by atoms with Gasteiger partial charge in [0.2, 0.25) is 0 Å². The molecule has 0 amide bonds. The lowest BCUT2D eigenvalue weighted by atomic mass is 9.93. The molecule has 2 aromatic heterocycles. The molecule has 0 saturated carbocycles. The van der Waals surface area contributed by atoms with Crippen LogP contribution in [-0.2, 0) is 0 Å². The third-order valence-corrected chi connectivity index (χ3v) is 14.4. The minimum atomic E-state index is 1.13. The van der Waals surface area contributed by atoms with Crippen LogP contribution in [0.3, 0.4) is 0 Å². The number of rotatable bonds is 6. The van der Waals surface area contributed by atoms with Crippen LogP contribution < -0.4 is 4.90 Å². The molecule has 12 rings (SSSR count). The van der Waals surface area contributed by atoms with Gasteiger partial charge in [0.25, 0.3) is 0 Å². The van der Waals surface area contributed by atoms with Crippen LogP contribution in [0.1, 0.15) is 0 Å². The van der Waals surface area contributed by atoms with Gasteiger partial charge >= 0.3 is 0 Å². The van der Waals surface area contributed by atoms with Crippen molar-refractivity contribution in [1.29, 1.82) is 0 Å². The Morgan fingerprint density at radius 3 is 1.25 bits per heavy atom. The van der Waals surface area contributed by atoms with Crippen LogP contribution in [0.2, 0.25) is 0 Å². The van der Waals surface area contributed by atoms with E-state index in [-0.39, 0.29) is 0 Å². The van der Waals surface area contributed by atoms with Gasteiger partial charge in [0.1, 0.15) is 0 Å². The molecule has 10 aromatic carbocycles. The predicted octanol–water partition coefficient (Wildman–Crippen LogP) is 17.2. The Kier molecular flexibility index (Phi) is 7.97. The summed E-state index contributed by atoms with van der Waals surface area (Å²) in [7, 11) is 0. The molecule has 0 aliphatic heterocycles. The van der Waals surface area contributed by atoms with Gasteiger partial charge in [-0.25, -0.2) is 0 Å². The van der Waals surface area contributed by atoms with E-state index in [1.807, 2.05) is 22.7 Å². The second kappa shape index (κ2) is 13.8. The van der Waals surface area contributed by atoms with E-state index in [1.165, 1.54) is 107 Å². The van der Waals surface area contributed by atoms with Crippen LogP contribution in [0.4, 0.5) is 17.1 Å². The van der Waals surface area contributed by atoms with Crippen LogP contribution in [0.5, 0.6) is 0 Å². The highest BCUT2D eigenvalue weighted by atomic mass is 32.1. The number of hydrogen-bond donors (Lipinski definition) is 0. The third kappa shape index (κ3) is 5.51. The van der Waals surface area contributed by atoms with Gasteiger partial charge in [-0.1, -0.05) is 182 Å². The van der Waals surface area contributed by atoms with Crippen molar-refractivity contribution in [2.45, 2.75) is 0 Å². The largest absolute Gasteiger partial charge is 0.308 e. The van der Waals surface area contributed by atoms with Gasteiger partial charge in [-0.05, 0) is 85.3 Å². The van der Waals surface area contributed by atoms with E-state index >= 15 is 0 Å². The SMILES string of the molecule is c1ccc(-c2cccc3c2sc2c(N(c4ccc(-c5cc6ccccc6c6ccccc56)cc4)c4cccc5c4sc4c(-c6ccccc6)cccc45)cccc23)cc1. The molecule has 0 radical (unpaired) electrons. The van der Waals surface area contributed by atoms with Crippen LogP contribution >= 0.6 is 22.7 Å². The molecule has 12 aromatic rings. The summed E-state index contributed by atoms with van der Waals surface area (Å²) >= 11 is 3.80. The maximum absolute atomic E-state index is 2.52. The lowest BCUT2D eigenvalue weighted by Gasteiger charge is -2.27. The molecular weight excluding hydrogens is 751 g/mol. The second-order valence-electron chi connectivity index (χ2n) is 15.2. The molecule has 1 nitrogen and oxygen atoms in total. The first-order valence-electron chi connectivity index (χ1n) is 20.1. The first-order chi connectivity index (χ1) is 29.3. The van der Waals surface area contributed by atoms with Crippen molar-refractivity contribution in [3.05, 3.63) is 212 Å². The maximum atomic E-state index is 2.52. The van der Waals surface area contributed by atoms with E-state index in [2.05, 4.69) is 217 Å². The molecule has 276 valence electrons. The normalized spacial score (nSPS) is 11.7. The third-order valence-electron chi connectivity index (χ3n) is 11.9. The zero-order valence-corrected chi connectivity index (χ0v) is 33.6. The molecule has 3 heteroatoms. The molecule has 0 N–H and O–H groups in total. The highest BCUT2D eigenvalue weighted by molar-refractivity contribution is 7.27. The van der Waals surface area contributed by atoms with Crippen LogP contribution in [0, 0.1) is 0 Å². The Morgan fingerprint density at radius 1 is 0.271 bits per heavy atom. The molecule has 0 saturated heterocycles. The average Bonchev–Trinajstić information content (AvgIpc) is 3.90. The lowest BCUT2D eigenvalue weighted by molar-refractivity contribution is 1.32. The standard InChI is InChI=1S/C56H35NS2/c1-3-15-36(16-4-1)42-23-11-25-46-48-27-13-29-51(55(48)58-53(42)46)57(52-30-14-28-49-47-26-12-24-43(54(47)59-56(49)52)37-17-5-2-6-18-37)40-33-31-38(32-34-40)50-35-39-19-7-8-20-41(39)44-21-9-10-22-45(44)50/h1-35H. The van der Waals surface area contributed by atoms with Crippen molar-refractivity contribution in [3.63, 3.8) is 0 Å². The van der Waals surface area contributed by atoms with E-state index in [1.54, 1.807) is 0 Å². The first kappa shape index (κ1) is 34.0. The minimum Gasteiger partial charge on any atom is -0.308 e. The van der Waals surface area contributed by atoms with Gasteiger partial charge in [-0.15, -0.1) is 22.7 Å². The first-order valence-corrected chi connectivity index (χ1v) is 21.7. The van der Waals surface area contributed by atoms with E-state index in [9.17, 15) is 0 Å². The molecule has 0 aliphatic rings. The number of thiophene rings is 2. The number of fused-ring (bicyclic) bond motifs is 9. The summed E-state index contributed by atoms with van der Waals surface area (Å²) in [6, 6.07) is 78.0. The molecule has 0 spiro atoms. The Morgan fingerprint density at radius 2 is 0.695 bits per heavy atom. The number of hydrogen-bond acceptors (Lipinski definition) is 3. The average molecular weight is 786 g/mol. The highest BCUT2D eigenvalue weighted by Gasteiger charge is 2.23. The number of benzene rings is 10. The summed E-state index contributed by atoms with van der Waals surface area (Å²) in [5, 5.41) is 10.2. The number of nitrogens with zero attached hydrogens (tertiary/aromatic N) is 1. The fourth-order valence-corrected chi connectivity index (χ4v) is 11.8. The fraction of sp³-hybridized carbons (Fsp3) is 0. The second-order valence-corrected chi connectivity index (χ2v) is 17.2. The quantitative estimate of drug-likeness (QED) is 0.152. The van der Waals surface area contributed by atoms with Crippen molar-refractivity contribution in [1.82, 2.24) is 0 Å². The van der Waals surface area contributed by atoms with Gasteiger partial charge < -0.3 is 4.90 Å². The monoisotopic (exact) mass is 785 g/mol. The molecule has 0 unspecified atom stereocenters. The van der Waals surface area contributed by atoms with Crippen LogP contribution in [0.15, 0.2) is 212 Å². The minimum absolute atomic E-state index is 1.13. The fourth-order valence-electron chi connectivity index (χ4n) is 9.14. The highest BCUT2D eigenvalue weighted by Crippen LogP contribution is 2.51. The Hall–Kier alpha value is -7.04. The summed E-state index contributed by atoms with van der Waals surface area (Å²) < 4.78 is 5.18. The summed E-state index contributed by atoms with van der Waals surface area (Å²) in [5.74, 6) is 0. The van der Waals surface area contributed by atoms with Crippen LogP contribution in [0.25, 0.3) is 95.3 Å². The Bertz CT molecular complexity index is 3390. The topological polar surface area (TPSA) is 3.24 Å².